The number of carbonyl (C=O) groups is 1. The molecule has 0 saturated carbocycles. The van der Waals surface area contributed by atoms with Crippen LogP contribution in [-0.4, -0.2) is 53.0 Å². The van der Waals surface area contributed by atoms with Gasteiger partial charge >= 0.3 is 0 Å². The van der Waals surface area contributed by atoms with Crippen molar-refractivity contribution in [2.75, 3.05) is 30.9 Å². The Hall–Kier alpha value is -2.49. The molecule has 0 radical (unpaired) electrons. The number of rotatable bonds is 12. The van der Waals surface area contributed by atoms with Crippen molar-refractivity contribution in [2.24, 2.45) is 0 Å². The molecule has 2 aromatic carbocycles. The standard InChI is InChI=1S/C30H37ClN4O2S2/c1-5-34(6-2)18-10-11-21(3)32-30(36)25-20-27(35(33-25)26-15-8-7-14-24(26)31)29-17-16-28(38-29)22-12-9-13-23(19-22)39(4)37/h7-9,12-17,19-21,25,33H,5-6,10-11,18H2,1-4H3,(H,32,36). The molecular weight excluding hydrogens is 548 g/mol. The Kier molecular flexibility index (Phi) is 10.4. The molecule has 1 aromatic heterocycles. The topological polar surface area (TPSA) is 64.7 Å². The molecule has 0 aliphatic carbocycles. The molecule has 1 aliphatic rings. The van der Waals surface area contributed by atoms with E-state index in [2.05, 4.69) is 48.5 Å². The quantitative estimate of drug-likeness (QED) is 0.267. The minimum absolute atomic E-state index is 0.0627. The Balaban J connectivity index is 1.54. The van der Waals surface area contributed by atoms with E-state index in [0.29, 0.717) is 5.02 Å². The molecule has 0 fully saturated rings. The van der Waals surface area contributed by atoms with E-state index in [1.54, 1.807) is 17.6 Å². The first kappa shape index (κ1) is 29.5. The average molecular weight is 585 g/mol. The summed E-state index contributed by atoms with van der Waals surface area (Å²) in [6.07, 6.45) is 5.62. The van der Waals surface area contributed by atoms with Crippen LogP contribution in [0.4, 0.5) is 5.69 Å². The van der Waals surface area contributed by atoms with Gasteiger partial charge in [0.05, 0.1) is 21.3 Å². The Bertz CT molecular complexity index is 1340. The largest absolute Gasteiger partial charge is 0.352 e. The molecule has 3 aromatic rings. The molecule has 2 N–H and O–H groups in total. The number of hydrazine groups is 1. The van der Waals surface area contributed by atoms with Crippen molar-refractivity contribution < 1.29 is 9.00 Å². The van der Waals surface area contributed by atoms with Crippen molar-refractivity contribution in [2.45, 2.75) is 50.6 Å². The van der Waals surface area contributed by atoms with E-state index in [1.807, 2.05) is 59.6 Å². The molecule has 6 nitrogen and oxygen atoms in total. The second-order valence-electron chi connectivity index (χ2n) is 9.67. The third-order valence-corrected chi connectivity index (χ3v) is 9.31. The van der Waals surface area contributed by atoms with Crippen LogP contribution in [0.5, 0.6) is 0 Å². The Labute approximate surface area is 243 Å². The Morgan fingerprint density at radius 2 is 1.87 bits per heavy atom. The van der Waals surface area contributed by atoms with Crippen LogP contribution in [0.2, 0.25) is 5.02 Å². The Morgan fingerprint density at radius 1 is 1.13 bits per heavy atom. The van der Waals surface area contributed by atoms with E-state index in [-0.39, 0.29) is 11.9 Å². The van der Waals surface area contributed by atoms with Gasteiger partial charge in [0.1, 0.15) is 6.04 Å². The number of nitrogens with one attached hydrogen (secondary N) is 2. The summed E-state index contributed by atoms with van der Waals surface area (Å²) in [6.45, 7) is 9.54. The first-order valence-corrected chi connectivity index (χ1v) is 16.1. The molecule has 4 rings (SSSR count). The van der Waals surface area contributed by atoms with Crippen LogP contribution in [0, 0.1) is 0 Å². The van der Waals surface area contributed by atoms with Gasteiger partial charge in [0, 0.05) is 32.9 Å². The molecule has 0 saturated heterocycles. The van der Waals surface area contributed by atoms with Gasteiger partial charge in [-0.2, -0.15) is 0 Å². The van der Waals surface area contributed by atoms with Crippen molar-refractivity contribution in [3.8, 4) is 10.4 Å². The molecule has 9 heteroatoms. The summed E-state index contributed by atoms with van der Waals surface area (Å²) in [6, 6.07) is 19.1. The number of hydrogen-bond donors (Lipinski definition) is 2. The number of hydrogen-bond acceptors (Lipinski definition) is 6. The zero-order valence-corrected chi connectivity index (χ0v) is 25.3. The van der Waals surface area contributed by atoms with Crippen LogP contribution < -0.4 is 15.8 Å². The van der Waals surface area contributed by atoms with E-state index in [4.69, 9.17) is 11.6 Å². The van der Waals surface area contributed by atoms with E-state index in [9.17, 15) is 9.00 Å². The lowest BCUT2D eigenvalue weighted by Gasteiger charge is -2.25. The molecular formula is C30H37ClN4O2S2. The third-order valence-electron chi connectivity index (χ3n) is 6.91. The van der Waals surface area contributed by atoms with Gasteiger partial charge in [-0.15, -0.1) is 11.3 Å². The third kappa shape index (κ3) is 7.38. The number of amides is 1. The lowest BCUT2D eigenvalue weighted by atomic mass is 10.1. The highest BCUT2D eigenvalue weighted by molar-refractivity contribution is 7.84. The van der Waals surface area contributed by atoms with Gasteiger partial charge in [-0.25, -0.2) is 5.43 Å². The van der Waals surface area contributed by atoms with Gasteiger partial charge < -0.3 is 10.2 Å². The summed E-state index contributed by atoms with van der Waals surface area (Å²) >= 11 is 8.21. The first-order chi connectivity index (χ1) is 18.8. The predicted molar refractivity (Wildman–Crippen MR) is 166 cm³/mol. The molecule has 1 aliphatic heterocycles. The van der Waals surface area contributed by atoms with E-state index < -0.39 is 16.8 Å². The fourth-order valence-corrected chi connectivity index (χ4v) is 6.46. The highest BCUT2D eigenvalue weighted by atomic mass is 35.5. The monoisotopic (exact) mass is 584 g/mol. The molecule has 39 heavy (non-hydrogen) atoms. The Morgan fingerprint density at radius 3 is 2.59 bits per heavy atom. The second kappa shape index (κ2) is 13.7. The van der Waals surface area contributed by atoms with Gasteiger partial charge in [0.15, 0.2) is 0 Å². The molecule has 1 amide bonds. The number of para-hydroxylation sites is 1. The predicted octanol–water partition coefficient (Wildman–Crippen LogP) is 6.17. The number of benzene rings is 2. The summed E-state index contributed by atoms with van der Waals surface area (Å²) in [7, 11) is -1.05. The highest BCUT2D eigenvalue weighted by Crippen LogP contribution is 2.39. The normalized spacial score (nSPS) is 16.8. The molecule has 0 bridgehead atoms. The number of anilines is 1. The molecule has 2 heterocycles. The number of thiophene rings is 1. The van der Waals surface area contributed by atoms with Crippen molar-refractivity contribution in [1.29, 1.82) is 0 Å². The number of nitrogens with zero attached hydrogens (tertiary/aromatic N) is 2. The van der Waals surface area contributed by atoms with Crippen molar-refractivity contribution >= 4 is 51.0 Å². The maximum absolute atomic E-state index is 13.3. The minimum Gasteiger partial charge on any atom is -0.352 e. The average Bonchev–Trinajstić information content (AvgIpc) is 3.59. The summed E-state index contributed by atoms with van der Waals surface area (Å²) in [5, 5.41) is 5.69. The molecule has 3 atom stereocenters. The van der Waals surface area contributed by atoms with Crippen molar-refractivity contribution in [3.05, 3.63) is 76.6 Å². The van der Waals surface area contributed by atoms with Crippen LogP contribution in [-0.2, 0) is 15.6 Å². The van der Waals surface area contributed by atoms with E-state index in [1.165, 1.54) is 0 Å². The lowest BCUT2D eigenvalue weighted by molar-refractivity contribution is -0.122. The van der Waals surface area contributed by atoms with Gasteiger partial charge in [-0.05, 0) is 87.4 Å². The summed E-state index contributed by atoms with van der Waals surface area (Å²) in [5.41, 5.74) is 6.05. The summed E-state index contributed by atoms with van der Waals surface area (Å²) in [4.78, 5) is 18.6. The fraction of sp³-hybridized carbons (Fsp3) is 0.367. The molecule has 0 spiro atoms. The van der Waals surface area contributed by atoms with Crippen LogP contribution in [0.1, 0.15) is 38.5 Å². The number of carbonyl (C=O) groups excluding carboxylic acids is 1. The van der Waals surface area contributed by atoms with E-state index in [0.717, 1.165) is 64.1 Å². The zero-order valence-electron chi connectivity index (χ0n) is 22.9. The SMILES string of the molecule is CCN(CC)CCCC(C)NC(=O)C1C=C(c2ccc(-c3cccc(S(C)=O)c3)s2)N(c2ccccc2Cl)N1. The van der Waals surface area contributed by atoms with Crippen molar-refractivity contribution in [1.82, 2.24) is 15.6 Å². The lowest BCUT2D eigenvalue weighted by Crippen LogP contribution is -2.48. The fourth-order valence-electron chi connectivity index (χ4n) is 4.66. The molecule has 208 valence electrons. The second-order valence-corrected chi connectivity index (χ2v) is 12.5. The smallest absolute Gasteiger partial charge is 0.243 e. The summed E-state index contributed by atoms with van der Waals surface area (Å²) < 4.78 is 12.0. The van der Waals surface area contributed by atoms with Crippen molar-refractivity contribution in [3.63, 3.8) is 0 Å². The first-order valence-electron chi connectivity index (χ1n) is 13.4. The maximum atomic E-state index is 13.3. The van der Waals surface area contributed by atoms with Crippen LogP contribution in [0.3, 0.4) is 0 Å². The number of halogens is 1. The zero-order chi connectivity index (χ0) is 27.9. The van der Waals surface area contributed by atoms with Crippen LogP contribution in [0.15, 0.2) is 71.6 Å². The van der Waals surface area contributed by atoms with Gasteiger partial charge in [0.25, 0.3) is 0 Å². The summed E-state index contributed by atoms with van der Waals surface area (Å²) in [5.74, 6) is -0.0627. The van der Waals surface area contributed by atoms with Crippen LogP contribution >= 0.6 is 22.9 Å². The highest BCUT2D eigenvalue weighted by Gasteiger charge is 2.32. The van der Waals surface area contributed by atoms with Gasteiger partial charge in [-0.3, -0.25) is 14.0 Å². The molecule has 3 unspecified atom stereocenters. The van der Waals surface area contributed by atoms with Gasteiger partial charge in [0.2, 0.25) is 5.91 Å². The maximum Gasteiger partial charge on any atom is 0.243 e. The minimum atomic E-state index is -1.05. The van der Waals surface area contributed by atoms with E-state index >= 15 is 0 Å². The van der Waals surface area contributed by atoms with Crippen LogP contribution in [0.25, 0.3) is 16.1 Å². The van der Waals surface area contributed by atoms with Gasteiger partial charge in [-0.1, -0.05) is 49.7 Å².